The Morgan fingerprint density at radius 3 is 2.86 bits per heavy atom. The van der Waals surface area contributed by atoms with Crippen LogP contribution < -0.4 is 22.3 Å². The second-order valence-corrected chi connectivity index (χ2v) is 5.21. The summed E-state index contributed by atoms with van der Waals surface area (Å²) in [5, 5.41) is 2.68. The van der Waals surface area contributed by atoms with Crippen LogP contribution in [0.25, 0.3) is 0 Å². The number of carbonyl (C=O) groups is 1. The van der Waals surface area contributed by atoms with E-state index in [0.717, 1.165) is 0 Å². The normalized spacial score (nSPS) is 10.3. The molecule has 1 heterocycles. The van der Waals surface area contributed by atoms with Crippen molar-refractivity contribution in [3.05, 3.63) is 55.8 Å². The van der Waals surface area contributed by atoms with E-state index in [2.05, 4.69) is 26.2 Å². The molecule has 0 bridgehead atoms. The monoisotopic (exact) mass is 352 g/mol. The van der Waals surface area contributed by atoms with Gasteiger partial charge < -0.3 is 11.1 Å². The molecule has 2 rings (SSSR count). The van der Waals surface area contributed by atoms with E-state index in [9.17, 15) is 14.4 Å². The Morgan fingerprint density at radius 1 is 1.38 bits per heavy atom. The highest BCUT2D eigenvalue weighted by Crippen LogP contribution is 2.12. The van der Waals surface area contributed by atoms with Crippen molar-refractivity contribution in [3.63, 3.8) is 0 Å². The van der Waals surface area contributed by atoms with Crippen molar-refractivity contribution in [3.8, 4) is 0 Å². The second kappa shape index (κ2) is 6.40. The Bertz CT molecular complexity index is 781. The number of nitrogens with one attached hydrogen (secondary N) is 2. The van der Waals surface area contributed by atoms with Crippen LogP contribution >= 0.6 is 15.9 Å². The van der Waals surface area contributed by atoms with E-state index in [0.29, 0.717) is 11.4 Å². The molecule has 0 unspecified atom stereocenters. The van der Waals surface area contributed by atoms with Crippen LogP contribution in [0.1, 0.15) is 6.42 Å². The zero-order chi connectivity index (χ0) is 15.4. The lowest BCUT2D eigenvalue weighted by molar-refractivity contribution is -0.116. The number of carbonyl (C=O) groups excluding carboxylic acids is 1. The molecule has 0 atom stereocenters. The summed E-state index contributed by atoms with van der Waals surface area (Å²) >= 11 is 3.03. The molecule has 7 nitrogen and oxygen atoms in total. The largest absolute Gasteiger partial charge is 0.399 e. The first-order valence-electron chi connectivity index (χ1n) is 6.10. The first-order chi connectivity index (χ1) is 9.95. The van der Waals surface area contributed by atoms with E-state index in [-0.39, 0.29) is 23.3 Å². The fourth-order valence-corrected chi connectivity index (χ4v) is 2.06. The van der Waals surface area contributed by atoms with Crippen LogP contribution in [0.3, 0.4) is 0 Å². The summed E-state index contributed by atoms with van der Waals surface area (Å²) < 4.78 is 1.49. The van der Waals surface area contributed by atoms with Gasteiger partial charge in [-0.05, 0) is 34.1 Å². The van der Waals surface area contributed by atoms with Crippen LogP contribution in [-0.2, 0) is 11.3 Å². The third-order valence-electron chi connectivity index (χ3n) is 2.72. The lowest BCUT2D eigenvalue weighted by Crippen LogP contribution is -2.30. The maximum Gasteiger partial charge on any atom is 0.328 e. The van der Waals surface area contributed by atoms with Crippen molar-refractivity contribution in [2.75, 3.05) is 11.1 Å². The Balaban J connectivity index is 2.00. The van der Waals surface area contributed by atoms with Gasteiger partial charge in [-0.3, -0.25) is 19.1 Å². The molecule has 1 aromatic carbocycles. The molecule has 2 aromatic rings. The van der Waals surface area contributed by atoms with Gasteiger partial charge in [0.25, 0.3) is 5.56 Å². The number of anilines is 2. The number of hydrogen-bond donors (Lipinski definition) is 3. The zero-order valence-corrected chi connectivity index (χ0v) is 12.5. The number of nitrogens with zero attached hydrogens (tertiary/aromatic N) is 1. The quantitative estimate of drug-likeness (QED) is 0.710. The van der Waals surface area contributed by atoms with Gasteiger partial charge in [-0.1, -0.05) is 6.07 Å². The van der Waals surface area contributed by atoms with Crippen molar-refractivity contribution in [1.82, 2.24) is 9.55 Å². The Labute approximate surface area is 127 Å². The number of nitrogen functional groups attached to an aromatic ring is 1. The van der Waals surface area contributed by atoms with E-state index in [1.54, 1.807) is 24.3 Å². The molecule has 8 heteroatoms. The summed E-state index contributed by atoms with van der Waals surface area (Å²) in [6, 6.07) is 6.80. The van der Waals surface area contributed by atoms with Gasteiger partial charge >= 0.3 is 5.69 Å². The average Bonchev–Trinajstić information content (AvgIpc) is 2.41. The number of halogens is 1. The maximum atomic E-state index is 11.8. The van der Waals surface area contributed by atoms with E-state index in [1.165, 1.54) is 10.8 Å². The summed E-state index contributed by atoms with van der Waals surface area (Å²) in [4.78, 5) is 36.7. The fourth-order valence-electron chi connectivity index (χ4n) is 1.71. The molecule has 4 N–H and O–H groups in total. The standard InChI is InChI=1S/C13H13BrN4O3/c14-10-7-18(13(21)17-12(10)20)5-4-11(19)16-9-3-1-2-8(15)6-9/h1-3,6-7H,4-5,15H2,(H,16,19)(H,17,20,21). The fraction of sp³-hybridized carbons (Fsp3) is 0.154. The Hall–Kier alpha value is -2.35. The minimum absolute atomic E-state index is 0.0905. The summed E-state index contributed by atoms with van der Waals surface area (Å²) in [5.41, 5.74) is 5.70. The van der Waals surface area contributed by atoms with E-state index in [4.69, 9.17) is 5.73 Å². The molecule has 21 heavy (non-hydrogen) atoms. The number of H-pyrrole nitrogens is 1. The van der Waals surface area contributed by atoms with Crippen LogP contribution in [0.2, 0.25) is 0 Å². The lowest BCUT2D eigenvalue weighted by Gasteiger charge is -2.07. The molecule has 0 spiro atoms. The SMILES string of the molecule is Nc1cccc(NC(=O)CCn2cc(Br)c(=O)[nH]c2=O)c1. The molecular formula is C13H13BrN4O3. The van der Waals surface area contributed by atoms with Gasteiger partial charge in [0.05, 0.1) is 4.47 Å². The topological polar surface area (TPSA) is 110 Å². The van der Waals surface area contributed by atoms with Crippen molar-refractivity contribution in [2.24, 2.45) is 0 Å². The highest BCUT2D eigenvalue weighted by Gasteiger charge is 2.06. The van der Waals surface area contributed by atoms with Crippen molar-refractivity contribution < 1.29 is 4.79 Å². The molecular weight excluding hydrogens is 340 g/mol. The van der Waals surface area contributed by atoms with Crippen molar-refractivity contribution >= 4 is 33.2 Å². The van der Waals surface area contributed by atoms with Crippen LogP contribution in [0.15, 0.2) is 44.5 Å². The molecule has 1 aromatic heterocycles. The van der Waals surface area contributed by atoms with Crippen molar-refractivity contribution in [2.45, 2.75) is 13.0 Å². The molecule has 0 fully saturated rings. The first-order valence-corrected chi connectivity index (χ1v) is 6.89. The van der Waals surface area contributed by atoms with Gasteiger partial charge in [0.1, 0.15) is 0 Å². The molecule has 110 valence electrons. The number of aromatic nitrogens is 2. The van der Waals surface area contributed by atoms with Gasteiger partial charge in [0.2, 0.25) is 5.91 Å². The number of amides is 1. The predicted octanol–water partition coefficient (Wildman–Crippen LogP) is 0.910. The third kappa shape index (κ3) is 4.06. The summed E-state index contributed by atoms with van der Waals surface area (Å²) in [5.74, 6) is -0.255. The minimum Gasteiger partial charge on any atom is -0.399 e. The Kier molecular flexibility index (Phi) is 4.59. The third-order valence-corrected chi connectivity index (χ3v) is 3.28. The van der Waals surface area contributed by atoms with Gasteiger partial charge in [-0.2, -0.15) is 0 Å². The van der Waals surface area contributed by atoms with Crippen LogP contribution in [0.4, 0.5) is 11.4 Å². The zero-order valence-electron chi connectivity index (χ0n) is 10.9. The Morgan fingerprint density at radius 2 is 2.14 bits per heavy atom. The summed E-state index contributed by atoms with van der Waals surface area (Å²) in [6.45, 7) is 0.155. The average molecular weight is 353 g/mol. The molecule has 0 saturated carbocycles. The number of aromatic amines is 1. The minimum atomic E-state index is -0.556. The van der Waals surface area contributed by atoms with Gasteiger partial charge in [0, 0.05) is 30.5 Å². The molecule has 0 saturated heterocycles. The maximum absolute atomic E-state index is 11.8. The van der Waals surface area contributed by atoms with Gasteiger partial charge in [-0.25, -0.2) is 4.79 Å². The molecule has 0 aliphatic heterocycles. The number of hydrogen-bond acceptors (Lipinski definition) is 4. The van der Waals surface area contributed by atoms with E-state index >= 15 is 0 Å². The van der Waals surface area contributed by atoms with E-state index in [1.807, 2.05) is 0 Å². The molecule has 0 radical (unpaired) electrons. The smallest absolute Gasteiger partial charge is 0.328 e. The summed E-state index contributed by atoms with van der Waals surface area (Å²) in [6.07, 6.45) is 1.45. The number of aryl methyl sites for hydroxylation is 1. The van der Waals surface area contributed by atoms with Crippen LogP contribution in [0.5, 0.6) is 0 Å². The lowest BCUT2D eigenvalue weighted by atomic mass is 10.2. The van der Waals surface area contributed by atoms with Crippen LogP contribution in [-0.4, -0.2) is 15.5 Å². The van der Waals surface area contributed by atoms with Crippen molar-refractivity contribution in [1.29, 1.82) is 0 Å². The summed E-state index contributed by atoms with van der Waals surface area (Å²) in [7, 11) is 0. The van der Waals surface area contributed by atoms with E-state index < -0.39 is 11.2 Å². The molecule has 0 aliphatic rings. The first kappa shape index (κ1) is 15.0. The number of nitrogens with two attached hydrogens (primary N) is 1. The molecule has 1 amide bonds. The number of rotatable bonds is 4. The van der Waals surface area contributed by atoms with Gasteiger partial charge in [-0.15, -0.1) is 0 Å². The number of benzene rings is 1. The highest BCUT2D eigenvalue weighted by molar-refractivity contribution is 9.10. The predicted molar refractivity (Wildman–Crippen MR) is 83.1 cm³/mol. The second-order valence-electron chi connectivity index (χ2n) is 4.35. The highest BCUT2D eigenvalue weighted by atomic mass is 79.9. The molecule has 0 aliphatic carbocycles. The van der Waals surface area contributed by atoms with Crippen LogP contribution in [0, 0.1) is 0 Å². The van der Waals surface area contributed by atoms with Gasteiger partial charge in [0.15, 0.2) is 0 Å².